The standard InChI is InChI=1S/C28H25NO7/c1-5-25(30)35-23-11-9-18-15-22(28(32)36-26(18)16(23)2)29-27(31)19-10-12-24(34-4)21(14-19)17-7-6-8-20(13-17)33-3/h6-15H,5H2,1-4H3,(H,29,31). The second-order valence-corrected chi connectivity index (χ2v) is 7.98. The van der Waals surface area contributed by atoms with E-state index in [1.54, 1.807) is 58.4 Å². The summed E-state index contributed by atoms with van der Waals surface area (Å²) < 4.78 is 21.5. The highest BCUT2D eigenvalue weighted by Crippen LogP contribution is 2.33. The van der Waals surface area contributed by atoms with Crippen molar-refractivity contribution in [3.05, 3.63) is 82.2 Å². The zero-order chi connectivity index (χ0) is 25.8. The fourth-order valence-corrected chi connectivity index (χ4v) is 3.76. The minimum Gasteiger partial charge on any atom is -0.497 e. The molecule has 0 aliphatic rings. The van der Waals surface area contributed by atoms with Crippen LogP contribution in [-0.2, 0) is 4.79 Å². The summed E-state index contributed by atoms with van der Waals surface area (Å²) in [5.74, 6) is 0.689. The lowest BCUT2D eigenvalue weighted by Gasteiger charge is -2.13. The molecule has 0 radical (unpaired) electrons. The Morgan fingerprint density at radius 2 is 1.72 bits per heavy atom. The molecule has 1 amide bonds. The van der Waals surface area contributed by atoms with Crippen LogP contribution in [-0.4, -0.2) is 26.1 Å². The van der Waals surface area contributed by atoms with Crippen molar-refractivity contribution in [2.24, 2.45) is 0 Å². The lowest BCUT2D eigenvalue weighted by Crippen LogP contribution is -2.18. The second kappa shape index (κ2) is 10.4. The molecule has 0 aliphatic carbocycles. The summed E-state index contributed by atoms with van der Waals surface area (Å²) in [6, 6.07) is 17.2. The average molecular weight is 488 g/mol. The van der Waals surface area contributed by atoms with Gasteiger partial charge in [0.1, 0.15) is 28.5 Å². The van der Waals surface area contributed by atoms with Gasteiger partial charge in [0.2, 0.25) is 0 Å². The Kier molecular flexibility index (Phi) is 7.05. The predicted molar refractivity (Wildman–Crippen MR) is 136 cm³/mol. The molecule has 8 nitrogen and oxygen atoms in total. The number of anilines is 1. The first-order valence-corrected chi connectivity index (χ1v) is 11.3. The van der Waals surface area contributed by atoms with Gasteiger partial charge in [0.05, 0.1) is 14.2 Å². The summed E-state index contributed by atoms with van der Waals surface area (Å²) in [7, 11) is 3.13. The second-order valence-electron chi connectivity index (χ2n) is 7.98. The normalized spacial score (nSPS) is 10.7. The van der Waals surface area contributed by atoms with Gasteiger partial charge < -0.3 is 23.9 Å². The molecule has 0 saturated carbocycles. The largest absolute Gasteiger partial charge is 0.497 e. The Bertz CT molecular complexity index is 1520. The Hall–Kier alpha value is -4.59. The highest BCUT2D eigenvalue weighted by Gasteiger charge is 2.17. The molecular weight excluding hydrogens is 462 g/mol. The number of nitrogens with one attached hydrogen (secondary N) is 1. The summed E-state index contributed by atoms with van der Waals surface area (Å²) in [6.45, 7) is 3.38. The number of hydrogen-bond acceptors (Lipinski definition) is 7. The van der Waals surface area contributed by atoms with Crippen molar-refractivity contribution in [1.29, 1.82) is 0 Å². The molecule has 0 spiro atoms. The van der Waals surface area contributed by atoms with Gasteiger partial charge in [-0.3, -0.25) is 9.59 Å². The van der Waals surface area contributed by atoms with E-state index in [0.29, 0.717) is 39.3 Å². The molecule has 1 N–H and O–H groups in total. The van der Waals surface area contributed by atoms with Crippen LogP contribution in [0.3, 0.4) is 0 Å². The molecule has 4 aromatic rings. The van der Waals surface area contributed by atoms with Gasteiger partial charge in [-0.15, -0.1) is 0 Å². The molecule has 0 bridgehead atoms. The van der Waals surface area contributed by atoms with Crippen molar-refractivity contribution < 1.29 is 28.2 Å². The molecule has 1 heterocycles. The van der Waals surface area contributed by atoms with Crippen molar-refractivity contribution in [2.45, 2.75) is 20.3 Å². The van der Waals surface area contributed by atoms with E-state index in [2.05, 4.69) is 5.32 Å². The number of hydrogen-bond donors (Lipinski definition) is 1. The summed E-state index contributed by atoms with van der Waals surface area (Å²) in [5.41, 5.74) is 1.89. The maximum absolute atomic E-state index is 13.1. The van der Waals surface area contributed by atoms with Gasteiger partial charge >= 0.3 is 11.6 Å². The van der Waals surface area contributed by atoms with Crippen LogP contribution in [0.15, 0.2) is 69.9 Å². The fourth-order valence-electron chi connectivity index (χ4n) is 3.76. The summed E-state index contributed by atoms with van der Waals surface area (Å²) in [4.78, 5) is 37.4. The quantitative estimate of drug-likeness (QED) is 0.213. The Morgan fingerprint density at radius 3 is 2.44 bits per heavy atom. The Balaban J connectivity index is 1.66. The van der Waals surface area contributed by atoms with Crippen molar-refractivity contribution in [1.82, 2.24) is 0 Å². The molecule has 0 fully saturated rings. The van der Waals surface area contributed by atoms with Gasteiger partial charge in [0, 0.05) is 28.5 Å². The molecular formula is C28H25NO7. The number of aryl methyl sites for hydroxylation is 1. The maximum Gasteiger partial charge on any atom is 0.360 e. The summed E-state index contributed by atoms with van der Waals surface area (Å²) >= 11 is 0. The van der Waals surface area contributed by atoms with Crippen LogP contribution in [0.2, 0.25) is 0 Å². The molecule has 3 aromatic carbocycles. The number of esters is 1. The zero-order valence-corrected chi connectivity index (χ0v) is 20.3. The predicted octanol–water partition coefficient (Wildman–Crippen LogP) is 5.35. The molecule has 0 saturated heterocycles. The lowest BCUT2D eigenvalue weighted by molar-refractivity contribution is -0.134. The minimum absolute atomic E-state index is 0.0102. The van der Waals surface area contributed by atoms with Crippen LogP contribution in [0.4, 0.5) is 5.69 Å². The van der Waals surface area contributed by atoms with Crippen LogP contribution in [0, 0.1) is 6.92 Å². The van der Waals surface area contributed by atoms with Gasteiger partial charge in [-0.1, -0.05) is 19.1 Å². The van der Waals surface area contributed by atoms with Gasteiger partial charge in [-0.25, -0.2) is 4.79 Å². The van der Waals surface area contributed by atoms with Crippen LogP contribution >= 0.6 is 0 Å². The van der Waals surface area contributed by atoms with Crippen molar-refractivity contribution >= 4 is 28.5 Å². The van der Waals surface area contributed by atoms with Crippen LogP contribution in [0.25, 0.3) is 22.1 Å². The first-order valence-electron chi connectivity index (χ1n) is 11.3. The Morgan fingerprint density at radius 1 is 0.944 bits per heavy atom. The molecule has 1 aromatic heterocycles. The van der Waals surface area contributed by atoms with E-state index in [0.717, 1.165) is 5.56 Å². The van der Waals surface area contributed by atoms with Crippen molar-refractivity contribution in [3.63, 3.8) is 0 Å². The van der Waals surface area contributed by atoms with Crippen molar-refractivity contribution in [3.8, 4) is 28.4 Å². The number of carbonyl (C=O) groups is 2. The topological polar surface area (TPSA) is 104 Å². The third kappa shape index (κ3) is 4.93. The van der Waals surface area contributed by atoms with E-state index in [1.807, 2.05) is 24.3 Å². The van der Waals surface area contributed by atoms with Crippen LogP contribution < -0.4 is 25.2 Å². The SMILES string of the molecule is CCC(=O)Oc1ccc2cc(NC(=O)c3ccc(OC)c(-c4cccc(OC)c4)c3)c(=O)oc2c1C. The highest BCUT2D eigenvalue weighted by molar-refractivity contribution is 6.05. The van der Waals surface area contributed by atoms with Gasteiger partial charge in [-0.05, 0) is 61.0 Å². The number of carbonyl (C=O) groups excluding carboxylic acids is 2. The Labute approximate surface area is 207 Å². The smallest absolute Gasteiger partial charge is 0.360 e. The molecule has 0 atom stereocenters. The number of methoxy groups -OCH3 is 2. The number of fused-ring (bicyclic) bond motifs is 1. The third-order valence-corrected chi connectivity index (χ3v) is 5.70. The summed E-state index contributed by atoms with van der Waals surface area (Å²) in [5, 5.41) is 3.21. The summed E-state index contributed by atoms with van der Waals surface area (Å²) in [6.07, 6.45) is 0.220. The molecule has 36 heavy (non-hydrogen) atoms. The fraction of sp³-hybridized carbons (Fsp3) is 0.179. The molecule has 184 valence electrons. The van der Waals surface area contributed by atoms with Gasteiger partial charge in [-0.2, -0.15) is 0 Å². The molecule has 0 aliphatic heterocycles. The molecule has 0 unspecified atom stereocenters. The van der Waals surface area contributed by atoms with Crippen LogP contribution in [0.1, 0.15) is 29.3 Å². The van der Waals surface area contributed by atoms with E-state index < -0.39 is 17.5 Å². The first kappa shape index (κ1) is 24.5. The lowest BCUT2D eigenvalue weighted by atomic mass is 10.0. The van der Waals surface area contributed by atoms with Gasteiger partial charge in [0.15, 0.2) is 0 Å². The number of ether oxygens (including phenoxy) is 3. The molecule has 4 rings (SSSR count). The zero-order valence-electron chi connectivity index (χ0n) is 20.3. The maximum atomic E-state index is 13.1. The molecule has 8 heteroatoms. The highest BCUT2D eigenvalue weighted by atomic mass is 16.5. The first-order chi connectivity index (χ1) is 17.3. The van der Waals surface area contributed by atoms with E-state index in [-0.39, 0.29) is 17.7 Å². The van der Waals surface area contributed by atoms with E-state index in [4.69, 9.17) is 18.6 Å². The van der Waals surface area contributed by atoms with Crippen LogP contribution in [0.5, 0.6) is 17.2 Å². The monoisotopic (exact) mass is 487 g/mol. The van der Waals surface area contributed by atoms with E-state index in [9.17, 15) is 14.4 Å². The van der Waals surface area contributed by atoms with Crippen molar-refractivity contribution in [2.75, 3.05) is 19.5 Å². The van der Waals surface area contributed by atoms with Gasteiger partial charge in [0.25, 0.3) is 5.91 Å². The number of rotatable bonds is 7. The van der Waals surface area contributed by atoms with E-state index in [1.165, 1.54) is 6.07 Å². The van der Waals surface area contributed by atoms with E-state index >= 15 is 0 Å². The average Bonchev–Trinajstić information content (AvgIpc) is 2.90. The number of benzene rings is 3. The minimum atomic E-state index is -0.723. The third-order valence-electron chi connectivity index (χ3n) is 5.70. The number of amides is 1.